The zero-order valence-electron chi connectivity index (χ0n) is 13.3. The predicted molar refractivity (Wildman–Crippen MR) is 92.1 cm³/mol. The van der Waals surface area contributed by atoms with Crippen LogP contribution < -0.4 is 0 Å². The molecule has 3 rings (SSSR count). The molecule has 0 aliphatic carbocycles. The van der Waals surface area contributed by atoms with Crippen molar-refractivity contribution in [1.29, 1.82) is 10.5 Å². The molecule has 0 spiro atoms. The van der Waals surface area contributed by atoms with Crippen molar-refractivity contribution in [3.8, 4) is 12.1 Å². The van der Waals surface area contributed by atoms with E-state index in [9.17, 15) is 0 Å². The molecule has 0 atom stereocenters. The molecule has 0 fully saturated rings. The van der Waals surface area contributed by atoms with Crippen molar-refractivity contribution < 1.29 is 0 Å². The van der Waals surface area contributed by atoms with E-state index in [0.29, 0.717) is 11.1 Å². The molecule has 3 heteroatoms. The van der Waals surface area contributed by atoms with Crippen molar-refractivity contribution in [3.63, 3.8) is 0 Å². The molecule has 114 valence electrons. The Bertz CT molecular complexity index is 855. The van der Waals surface area contributed by atoms with Gasteiger partial charge < -0.3 is 0 Å². The molecule has 0 N–H and O–H groups in total. The fourth-order valence-corrected chi connectivity index (χ4v) is 2.91. The SMILES string of the molecule is CC(c1ccc(C#N)cc1)(c1ccc(C#N)cc1)c1cccnc1. The Labute approximate surface area is 141 Å². The van der Waals surface area contributed by atoms with E-state index >= 15 is 0 Å². The lowest BCUT2D eigenvalue weighted by Gasteiger charge is -2.31. The van der Waals surface area contributed by atoms with E-state index < -0.39 is 5.41 Å². The van der Waals surface area contributed by atoms with Gasteiger partial charge >= 0.3 is 0 Å². The Morgan fingerprint density at radius 1 is 0.750 bits per heavy atom. The largest absolute Gasteiger partial charge is 0.264 e. The van der Waals surface area contributed by atoms with Gasteiger partial charge in [0.05, 0.1) is 23.3 Å². The molecule has 3 aromatic rings. The topological polar surface area (TPSA) is 60.5 Å². The number of nitriles is 2. The molecule has 0 bridgehead atoms. The van der Waals surface area contributed by atoms with E-state index in [1.807, 2.05) is 66.9 Å². The summed E-state index contributed by atoms with van der Waals surface area (Å²) in [6, 6.07) is 23.5. The predicted octanol–water partition coefficient (Wildman–Crippen LogP) is 4.18. The summed E-state index contributed by atoms with van der Waals surface area (Å²) < 4.78 is 0. The highest BCUT2D eigenvalue weighted by atomic mass is 14.6. The van der Waals surface area contributed by atoms with Gasteiger partial charge in [-0.2, -0.15) is 10.5 Å². The molecular formula is C21H15N3. The van der Waals surface area contributed by atoms with Gasteiger partial charge in [-0.15, -0.1) is 0 Å². The molecule has 0 amide bonds. The summed E-state index contributed by atoms with van der Waals surface area (Å²) in [5.41, 5.74) is 4.04. The molecule has 1 aromatic heterocycles. The molecule has 1 heterocycles. The number of aromatic nitrogens is 1. The summed E-state index contributed by atoms with van der Waals surface area (Å²) >= 11 is 0. The van der Waals surface area contributed by atoms with E-state index in [1.165, 1.54) is 0 Å². The van der Waals surface area contributed by atoms with E-state index in [2.05, 4.69) is 24.0 Å². The summed E-state index contributed by atoms with van der Waals surface area (Å²) in [6.07, 6.45) is 3.61. The molecule has 0 aliphatic heterocycles. The van der Waals surface area contributed by atoms with Gasteiger partial charge in [-0.05, 0) is 53.9 Å². The third-order valence-corrected chi connectivity index (χ3v) is 4.42. The Kier molecular flexibility index (Phi) is 4.10. The van der Waals surface area contributed by atoms with Crippen molar-refractivity contribution in [3.05, 3.63) is 101 Å². The van der Waals surface area contributed by atoms with Crippen molar-refractivity contribution in [2.45, 2.75) is 12.3 Å². The molecule has 2 aromatic carbocycles. The van der Waals surface area contributed by atoms with Gasteiger partial charge in [0.2, 0.25) is 0 Å². The van der Waals surface area contributed by atoms with Crippen LogP contribution in [-0.4, -0.2) is 4.98 Å². The molecule has 3 nitrogen and oxygen atoms in total. The van der Waals surface area contributed by atoms with Gasteiger partial charge in [0.1, 0.15) is 0 Å². The van der Waals surface area contributed by atoms with Crippen LogP contribution in [0.25, 0.3) is 0 Å². The highest BCUT2D eigenvalue weighted by Crippen LogP contribution is 2.38. The Morgan fingerprint density at radius 3 is 1.62 bits per heavy atom. The summed E-state index contributed by atoms with van der Waals surface area (Å²) in [5, 5.41) is 18.1. The van der Waals surface area contributed by atoms with Crippen LogP contribution in [0.3, 0.4) is 0 Å². The van der Waals surface area contributed by atoms with Crippen molar-refractivity contribution in [1.82, 2.24) is 4.98 Å². The lowest BCUT2D eigenvalue weighted by molar-refractivity contribution is 0.688. The minimum absolute atomic E-state index is 0.420. The first-order valence-corrected chi connectivity index (χ1v) is 7.60. The maximum atomic E-state index is 9.03. The van der Waals surface area contributed by atoms with Crippen LogP contribution in [0, 0.1) is 22.7 Å². The number of benzene rings is 2. The lowest BCUT2D eigenvalue weighted by Crippen LogP contribution is -2.25. The fourth-order valence-electron chi connectivity index (χ4n) is 2.91. The summed E-state index contributed by atoms with van der Waals surface area (Å²) in [5.74, 6) is 0. The van der Waals surface area contributed by atoms with E-state index in [0.717, 1.165) is 16.7 Å². The average molecular weight is 309 g/mol. The van der Waals surface area contributed by atoms with Gasteiger partial charge in [0.25, 0.3) is 0 Å². The minimum atomic E-state index is -0.420. The zero-order valence-corrected chi connectivity index (χ0v) is 13.3. The van der Waals surface area contributed by atoms with Crippen molar-refractivity contribution in [2.24, 2.45) is 0 Å². The van der Waals surface area contributed by atoms with Crippen LogP contribution >= 0.6 is 0 Å². The van der Waals surface area contributed by atoms with Gasteiger partial charge in [-0.25, -0.2) is 0 Å². The van der Waals surface area contributed by atoms with Gasteiger partial charge in [-0.1, -0.05) is 30.3 Å². The molecule has 0 radical (unpaired) electrons. The third kappa shape index (κ3) is 2.64. The van der Waals surface area contributed by atoms with Gasteiger partial charge in [-0.3, -0.25) is 4.98 Å². The molecule has 0 saturated carbocycles. The van der Waals surface area contributed by atoms with E-state index in [1.54, 1.807) is 6.20 Å². The van der Waals surface area contributed by atoms with Crippen LogP contribution in [0.1, 0.15) is 34.7 Å². The van der Waals surface area contributed by atoms with Crippen molar-refractivity contribution >= 4 is 0 Å². The summed E-state index contributed by atoms with van der Waals surface area (Å²) in [7, 11) is 0. The van der Waals surface area contributed by atoms with Crippen LogP contribution in [0.5, 0.6) is 0 Å². The van der Waals surface area contributed by atoms with Crippen molar-refractivity contribution in [2.75, 3.05) is 0 Å². The van der Waals surface area contributed by atoms with Crippen LogP contribution in [0.2, 0.25) is 0 Å². The fraction of sp³-hybridized carbons (Fsp3) is 0.0952. The number of rotatable bonds is 3. The highest BCUT2D eigenvalue weighted by Gasteiger charge is 2.31. The molecule has 24 heavy (non-hydrogen) atoms. The Morgan fingerprint density at radius 2 is 1.25 bits per heavy atom. The smallest absolute Gasteiger partial charge is 0.0991 e. The first-order chi connectivity index (χ1) is 11.7. The zero-order chi connectivity index (χ0) is 17.0. The molecule has 0 saturated heterocycles. The second kappa shape index (κ2) is 6.36. The highest BCUT2D eigenvalue weighted by molar-refractivity contribution is 5.51. The van der Waals surface area contributed by atoms with Gasteiger partial charge in [0, 0.05) is 17.8 Å². The Hall–Kier alpha value is -3.43. The second-order valence-electron chi connectivity index (χ2n) is 5.75. The number of nitrogens with zero attached hydrogens (tertiary/aromatic N) is 3. The second-order valence-corrected chi connectivity index (χ2v) is 5.75. The quantitative estimate of drug-likeness (QED) is 0.729. The van der Waals surface area contributed by atoms with E-state index in [-0.39, 0.29) is 0 Å². The number of hydrogen-bond acceptors (Lipinski definition) is 3. The third-order valence-electron chi connectivity index (χ3n) is 4.42. The maximum absolute atomic E-state index is 9.03. The first-order valence-electron chi connectivity index (χ1n) is 7.60. The Balaban J connectivity index is 2.20. The average Bonchev–Trinajstić information content (AvgIpc) is 2.68. The van der Waals surface area contributed by atoms with Crippen LogP contribution in [0.15, 0.2) is 73.1 Å². The lowest BCUT2D eigenvalue weighted by atomic mass is 9.71. The summed E-state index contributed by atoms with van der Waals surface area (Å²) in [6.45, 7) is 2.13. The molecular weight excluding hydrogens is 294 g/mol. The van der Waals surface area contributed by atoms with Crippen LogP contribution in [0.4, 0.5) is 0 Å². The minimum Gasteiger partial charge on any atom is -0.264 e. The first kappa shape index (κ1) is 15.5. The maximum Gasteiger partial charge on any atom is 0.0991 e. The molecule has 0 aliphatic rings. The standard InChI is InChI=1S/C21H15N3/c1-21(20-3-2-12-24-15-20,18-8-4-16(13-22)5-9-18)19-10-6-17(14-23)7-11-19/h2-12,15H,1H3. The molecule has 0 unspecified atom stereocenters. The summed E-state index contributed by atoms with van der Waals surface area (Å²) in [4.78, 5) is 4.26. The van der Waals surface area contributed by atoms with Gasteiger partial charge in [0.15, 0.2) is 0 Å². The van der Waals surface area contributed by atoms with E-state index in [4.69, 9.17) is 10.5 Å². The normalized spacial score (nSPS) is 10.6. The number of pyridine rings is 1. The monoisotopic (exact) mass is 309 g/mol. The van der Waals surface area contributed by atoms with Crippen LogP contribution in [-0.2, 0) is 5.41 Å². The number of hydrogen-bond donors (Lipinski definition) is 0.